The molecule has 3 aromatic rings. The molecule has 0 saturated heterocycles. The van der Waals surface area contributed by atoms with Gasteiger partial charge in [0.15, 0.2) is 12.0 Å². The summed E-state index contributed by atoms with van der Waals surface area (Å²) in [5.41, 5.74) is 0.491. The van der Waals surface area contributed by atoms with Crippen LogP contribution in [0.1, 0.15) is 5.56 Å². The summed E-state index contributed by atoms with van der Waals surface area (Å²) in [6.07, 6.45) is -3.04. The third-order valence-electron chi connectivity index (χ3n) is 3.38. The Morgan fingerprint density at radius 2 is 1.88 bits per heavy atom. The molecule has 0 radical (unpaired) electrons. The summed E-state index contributed by atoms with van der Waals surface area (Å²) in [6, 6.07) is 7.51. The molecule has 0 aliphatic carbocycles. The molecule has 0 aliphatic heterocycles. The van der Waals surface area contributed by atoms with Crippen LogP contribution in [-0.2, 0) is 11.0 Å². The van der Waals surface area contributed by atoms with Crippen LogP contribution in [0.25, 0.3) is 11.1 Å². The number of fused-ring (bicyclic) bond motifs is 1. The van der Waals surface area contributed by atoms with Crippen LogP contribution in [0.4, 0.5) is 29.3 Å². The Labute approximate surface area is 138 Å². The van der Waals surface area contributed by atoms with Crippen LogP contribution in [0, 0.1) is 0 Å². The Bertz CT molecular complexity index is 920. The highest BCUT2D eigenvalue weighted by Gasteiger charge is 2.30. The van der Waals surface area contributed by atoms with E-state index in [0.717, 1.165) is 24.3 Å². The molecular weight excluding hydrogens is 339 g/mol. The number of halogens is 3. The number of nitrogens with one attached hydrogen (secondary N) is 1. The molecule has 0 fully saturated rings. The average molecular weight is 349 g/mol. The first-order valence-electron chi connectivity index (χ1n) is 6.94. The Hall–Kier alpha value is -3.36. The quantitative estimate of drug-likeness (QED) is 0.724. The van der Waals surface area contributed by atoms with E-state index < -0.39 is 17.8 Å². The van der Waals surface area contributed by atoms with Crippen LogP contribution < -0.4 is 10.2 Å². The monoisotopic (exact) mass is 349 g/mol. The number of anilines is 2. The highest BCUT2D eigenvalue weighted by Crippen LogP contribution is 2.30. The van der Waals surface area contributed by atoms with Gasteiger partial charge in [0.05, 0.1) is 11.3 Å². The third kappa shape index (κ3) is 3.44. The molecule has 3 amide bonds. The topological polar surface area (TPSA) is 75.4 Å². The predicted molar refractivity (Wildman–Crippen MR) is 83.0 cm³/mol. The lowest BCUT2D eigenvalue weighted by atomic mass is 10.2. The smallest absolute Gasteiger partial charge is 0.416 e. The molecule has 25 heavy (non-hydrogen) atoms. The van der Waals surface area contributed by atoms with Gasteiger partial charge in [-0.25, -0.2) is 14.7 Å². The Balaban J connectivity index is 1.79. The van der Waals surface area contributed by atoms with Gasteiger partial charge >= 0.3 is 12.2 Å². The summed E-state index contributed by atoms with van der Waals surface area (Å²) in [7, 11) is 0. The molecule has 9 heteroatoms. The lowest BCUT2D eigenvalue weighted by Crippen LogP contribution is -2.33. The fourth-order valence-electron chi connectivity index (χ4n) is 2.15. The summed E-state index contributed by atoms with van der Waals surface area (Å²) in [5.74, 6) is 0. The van der Waals surface area contributed by atoms with Crippen molar-refractivity contribution in [3.63, 3.8) is 0 Å². The molecule has 1 N–H and O–H groups in total. The van der Waals surface area contributed by atoms with E-state index in [0.29, 0.717) is 21.7 Å². The minimum Gasteiger partial charge on any atom is -0.443 e. The van der Waals surface area contributed by atoms with Gasteiger partial charge in [-0.05, 0) is 36.4 Å². The molecule has 0 spiro atoms. The molecule has 1 heterocycles. The van der Waals surface area contributed by atoms with Crippen LogP contribution in [0.2, 0.25) is 0 Å². The second-order valence-corrected chi connectivity index (χ2v) is 4.99. The fraction of sp³-hybridized carbons (Fsp3) is 0.0625. The minimum atomic E-state index is -4.50. The molecule has 128 valence electrons. The Morgan fingerprint density at radius 1 is 1.16 bits per heavy atom. The SMILES string of the molecule is O=CN(C(=O)Nc1ccc2ncoc2c1)c1ccc(C(F)(F)F)cc1. The first kappa shape index (κ1) is 16.5. The van der Waals surface area contributed by atoms with Crippen molar-refractivity contribution in [1.82, 2.24) is 4.98 Å². The number of nitrogens with zero attached hydrogens (tertiary/aromatic N) is 2. The number of urea groups is 1. The van der Waals surface area contributed by atoms with Crippen molar-refractivity contribution in [3.8, 4) is 0 Å². The maximum absolute atomic E-state index is 12.6. The van der Waals surface area contributed by atoms with E-state index >= 15 is 0 Å². The summed E-state index contributed by atoms with van der Waals surface area (Å²) in [5, 5.41) is 2.46. The molecule has 0 unspecified atom stereocenters. The van der Waals surface area contributed by atoms with Gasteiger partial charge in [0.25, 0.3) is 0 Å². The van der Waals surface area contributed by atoms with E-state index in [1.807, 2.05) is 0 Å². The van der Waals surface area contributed by atoms with Crippen molar-refractivity contribution in [2.24, 2.45) is 0 Å². The molecule has 0 atom stereocenters. The number of carbonyl (C=O) groups excluding carboxylic acids is 2. The summed E-state index contributed by atoms with van der Waals surface area (Å²) < 4.78 is 42.8. The zero-order chi connectivity index (χ0) is 18.0. The second kappa shape index (κ2) is 6.27. The van der Waals surface area contributed by atoms with E-state index in [-0.39, 0.29) is 12.1 Å². The fourth-order valence-corrected chi connectivity index (χ4v) is 2.15. The molecule has 2 aromatic carbocycles. The molecule has 1 aromatic heterocycles. The van der Waals surface area contributed by atoms with Crippen LogP contribution in [0.3, 0.4) is 0 Å². The maximum atomic E-state index is 12.6. The van der Waals surface area contributed by atoms with Crippen molar-refractivity contribution in [2.75, 3.05) is 10.2 Å². The van der Waals surface area contributed by atoms with Gasteiger partial charge in [-0.3, -0.25) is 4.79 Å². The lowest BCUT2D eigenvalue weighted by Gasteiger charge is -2.17. The normalized spacial score (nSPS) is 11.3. The zero-order valence-corrected chi connectivity index (χ0v) is 12.4. The number of alkyl halides is 3. The Kier molecular flexibility index (Phi) is 4.14. The van der Waals surface area contributed by atoms with E-state index in [9.17, 15) is 22.8 Å². The molecule has 6 nitrogen and oxygen atoms in total. The van der Waals surface area contributed by atoms with Crippen molar-refractivity contribution in [1.29, 1.82) is 0 Å². The predicted octanol–water partition coefficient (Wildman–Crippen LogP) is 4.04. The third-order valence-corrected chi connectivity index (χ3v) is 3.38. The van der Waals surface area contributed by atoms with Gasteiger partial charge in [-0.2, -0.15) is 13.2 Å². The van der Waals surface area contributed by atoms with E-state index in [1.165, 1.54) is 12.5 Å². The number of aromatic nitrogens is 1. The van der Waals surface area contributed by atoms with Crippen molar-refractivity contribution in [3.05, 3.63) is 54.4 Å². The molecule has 3 rings (SSSR count). The highest BCUT2D eigenvalue weighted by atomic mass is 19.4. The molecular formula is C16H10F3N3O3. The van der Waals surface area contributed by atoms with Gasteiger partial charge in [-0.1, -0.05) is 0 Å². The standard InChI is InChI=1S/C16H10F3N3O3/c17-16(18,19)10-1-4-12(5-2-10)22(9-23)15(24)21-11-3-6-13-14(7-11)25-8-20-13/h1-9H,(H,21,24). The van der Waals surface area contributed by atoms with Gasteiger partial charge in [0.2, 0.25) is 6.41 Å². The number of hydrogen-bond acceptors (Lipinski definition) is 4. The van der Waals surface area contributed by atoms with Gasteiger partial charge < -0.3 is 9.73 Å². The lowest BCUT2D eigenvalue weighted by molar-refractivity contribution is -0.137. The van der Waals surface area contributed by atoms with Crippen LogP contribution >= 0.6 is 0 Å². The van der Waals surface area contributed by atoms with Crippen molar-refractivity contribution in [2.45, 2.75) is 6.18 Å². The maximum Gasteiger partial charge on any atom is 0.416 e. The van der Waals surface area contributed by atoms with Crippen molar-refractivity contribution < 1.29 is 27.2 Å². The van der Waals surface area contributed by atoms with Crippen LogP contribution in [0.15, 0.2) is 53.3 Å². The zero-order valence-electron chi connectivity index (χ0n) is 12.4. The number of benzene rings is 2. The summed E-state index contributed by atoms with van der Waals surface area (Å²) >= 11 is 0. The number of oxazole rings is 1. The number of amides is 3. The molecule has 0 bridgehead atoms. The first-order chi connectivity index (χ1) is 11.9. The Morgan fingerprint density at radius 3 is 2.52 bits per heavy atom. The number of carbonyl (C=O) groups is 2. The minimum absolute atomic E-state index is 0.00115. The molecule has 0 saturated carbocycles. The number of rotatable bonds is 3. The van der Waals surface area contributed by atoms with Gasteiger partial charge in [-0.15, -0.1) is 0 Å². The van der Waals surface area contributed by atoms with E-state index in [1.54, 1.807) is 12.1 Å². The van der Waals surface area contributed by atoms with Crippen molar-refractivity contribution >= 4 is 34.9 Å². The van der Waals surface area contributed by atoms with Gasteiger partial charge in [0.1, 0.15) is 5.52 Å². The first-order valence-corrected chi connectivity index (χ1v) is 6.94. The summed E-state index contributed by atoms with van der Waals surface area (Å²) in [4.78, 5) is 28.0. The average Bonchev–Trinajstić information content (AvgIpc) is 3.03. The number of hydrogen-bond donors (Lipinski definition) is 1. The largest absolute Gasteiger partial charge is 0.443 e. The van der Waals surface area contributed by atoms with E-state index in [4.69, 9.17) is 4.42 Å². The second-order valence-electron chi connectivity index (χ2n) is 4.99. The van der Waals surface area contributed by atoms with Gasteiger partial charge in [0, 0.05) is 11.8 Å². The summed E-state index contributed by atoms with van der Waals surface area (Å²) in [6.45, 7) is 0. The molecule has 0 aliphatic rings. The van der Waals surface area contributed by atoms with E-state index in [2.05, 4.69) is 10.3 Å². The van der Waals surface area contributed by atoms with Crippen LogP contribution in [-0.4, -0.2) is 17.4 Å². The number of imide groups is 1. The van der Waals surface area contributed by atoms with Crippen LogP contribution in [0.5, 0.6) is 0 Å². The highest BCUT2D eigenvalue weighted by molar-refractivity contribution is 6.12.